The molecule has 0 saturated heterocycles. The van der Waals surface area contributed by atoms with Gasteiger partial charge in [-0.15, -0.1) is 11.3 Å². The lowest BCUT2D eigenvalue weighted by Gasteiger charge is -2.10. The Morgan fingerprint density at radius 3 is 2.45 bits per heavy atom. The van der Waals surface area contributed by atoms with Crippen LogP contribution in [0.2, 0.25) is 10.0 Å². The molecule has 1 heterocycles. The molecular weight excluding hydrogens is 407 g/mol. The van der Waals surface area contributed by atoms with Crippen LogP contribution in [-0.4, -0.2) is 13.4 Å². The fourth-order valence-corrected chi connectivity index (χ4v) is 5.25. The smallest absolute Gasteiger partial charge is 0.243 e. The van der Waals surface area contributed by atoms with Crippen LogP contribution in [-0.2, 0) is 16.6 Å². The van der Waals surface area contributed by atoms with Crippen LogP contribution in [0.1, 0.15) is 10.6 Å². The number of rotatable bonds is 4. The summed E-state index contributed by atoms with van der Waals surface area (Å²) in [7, 11) is -3.79. The summed E-state index contributed by atoms with van der Waals surface area (Å²) in [5.74, 6) is 0. The number of sulfonamides is 1. The highest BCUT2D eigenvalue weighted by Crippen LogP contribution is 2.32. The Bertz CT molecular complexity index is 724. The zero-order valence-electron chi connectivity index (χ0n) is 10.2. The van der Waals surface area contributed by atoms with E-state index in [1.807, 2.05) is 6.92 Å². The second-order valence-electron chi connectivity index (χ2n) is 3.88. The molecule has 0 amide bonds. The van der Waals surface area contributed by atoms with Crippen molar-refractivity contribution < 1.29 is 8.42 Å². The van der Waals surface area contributed by atoms with Crippen molar-refractivity contribution in [2.45, 2.75) is 18.4 Å². The Morgan fingerprint density at radius 1 is 1.35 bits per heavy atom. The molecule has 0 fully saturated rings. The summed E-state index contributed by atoms with van der Waals surface area (Å²) in [6.45, 7) is 1.97. The summed E-state index contributed by atoms with van der Waals surface area (Å²) in [6.07, 6.45) is 0. The molecule has 0 aliphatic carbocycles. The molecule has 1 aromatic carbocycles. The Labute approximate surface area is 139 Å². The normalized spacial score (nSPS) is 11.8. The first-order valence-corrected chi connectivity index (χ1v) is 9.25. The lowest BCUT2D eigenvalue weighted by molar-refractivity contribution is 0.582. The van der Waals surface area contributed by atoms with Gasteiger partial charge in [0.1, 0.15) is 4.90 Å². The van der Waals surface area contributed by atoms with Gasteiger partial charge < -0.3 is 0 Å². The lowest BCUT2D eigenvalue weighted by Crippen LogP contribution is -2.23. The minimum atomic E-state index is -3.79. The molecule has 0 saturated carbocycles. The van der Waals surface area contributed by atoms with Crippen molar-refractivity contribution in [3.05, 3.63) is 42.7 Å². The van der Waals surface area contributed by atoms with E-state index in [0.717, 1.165) is 10.6 Å². The number of halogens is 3. The van der Waals surface area contributed by atoms with Gasteiger partial charge in [0, 0.05) is 15.9 Å². The van der Waals surface area contributed by atoms with E-state index in [0.29, 0.717) is 4.47 Å². The number of thiazole rings is 1. The van der Waals surface area contributed by atoms with Crippen molar-refractivity contribution in [1.29, 1.82) is 0 Å². The minimum absolute atomic E-state index is 0.0675. The molecule has 2 rings (SSSR count). The van der Waals surface area contributed by atoms with Gasteiger partial charge >= 0.3 is 0 Å². The topological polar surface area (TPSA) is 59.1 Å². The first kappa shape index (κ1) is 16.2. The zero-order chi connectivity index (χ0) is 14.9. The molecule has 4 nitrogen and oxygen atoms in total. The minimum Gasteiger partial charge on any atom is -0.250 e. The van der Waals surface area contributed by atoms with E-state index in [9.17, 15) is 8.42 Å². The van der Waals surface area contributed by atoms with Crippen LogP contribution in [0.25, 0.3) is 0 Å². The van der Waals surface area contributed by atoms with Gasteiger partial charge in [0.15, 0.2) is 0 Å². The van der Waals surface area contributed by atoms with Crippen LogP contribution in [0, 0.1) is 6.92 Å². The van der Waals surface area contributed by atoms with E-state index < -0.39 is 10.0 Å². The third kappa shape index (κ3) is 3.52. The molecule has 1 N–H and O–H groups in total. The molecular formula is C11H9BrCl2N2O2S2. The predicted octanol–water partition coefficient (Wildman–Crippen LogP) is 4.00. The molecule has 1 aromatic heterocycles. The van der Waals surface area contributed by atoms with Gasteiger partial charge in [0.2, 0.25) is 10.0 Å². The molecule has 9 heteroatoms. The highest BCUT2D eigenvalue weighted by Gasteiger charge is 2.22. The van der Waals surface area contributed by atoms with Crippen molar-refractivity contribution in [3.63, 3.8) is 0 Å². The van der Waals surface area contributed by atoms with Gasteiger partial charge in [-0.25, -0.2) is 18.1 Å². The fourth-order valence-electron chi connectivity index (χ4n) is 1.51. The van der Waals surface area contributed by atoms with Gasteiger partial charge in [-0.1, -0.05) is 39.1 Å². The summed E-state index contributed by atoms with van der Waals surface area (Å²) in [5, 5.41) is 0.135. The standard InChI is InChI=1S/C11H9BrCl2N2O2S2/c1-6-10(19-5-15-6)4-16-20(17,18)11-8(13)2-7(12)3-9(11)14/h2-3,5,16H,4H2,1H3. The maximum atomic E-state index is 12.3. The molecule has 2 aromatic rings. The summed E-state index contributed by atoms with van der Waals surface area (Å²) in [4.78, 5) is 4.79. The molecule has 20 heavy (non-hydrogen) atoms. The van der Waals surface area contributed by atoms with E-state index in [2.05, 4.69) is 25.6 Å². The maximum absolute atomic E-state index is 12.3. The highest BCUT2D eigenvalue weighted by molar-refractivity contribution is 9.10. The van der Waals surface area contributed by atoms with Gasteiger partial charge in [0.05, 0.1) is 21.2 Å². The largest absolute Gasteiger partial charge is 0.250 e. The van der Waals surface area contributed by atoms with E-state index in [-0.39, 0.29) is 21.5 Å². The Morgan fingerprint density at radius 2 is 1.95 bits per heavy atom. The summed E-state index contributed by atoms with van der Waals surface area (Å²) < 4.78 is 27.7. The van der Waals surface area contributed by atoms with Crippen molar-refractivity contribution in [1.82, 2.24) is 9.71 Å². The number of aromatic nitrogens is 1. The fraction of sp³-hybridized carbons (Fsp3) is 0.182. The van der Waals surface area contributed by atoms with Crippen molar-refractivity contribution in [3.8, 4) is 0 Å². The van der Waals surface area contributed by atoms with E-state index in [1.165, 1.54) is 23.5 Å². The Balaban J connectivity index is 2.30. The molecule has 0 unspecified atom stereocenters. The quantitative estimate of drug-likeness (QED) is 0.820. The van der Waals surface area contributed by atoms with Crippen LogP contribution < -0.4 is 4.72 Å². The second-order valence-corrected chi connectivity index (χ2v) is 8.26. The zero-order valence-corrected chi connectivity index (χ0v) is 14.9. The monoisotopic (exact) mass is 414 g/mol. The summed E-state index contributed by atoms with van der Waals surface area (Å²) in [5.41, 5.74) is 2.46. The molecule has 0 spiro atoms. The van der Waals surface area contributed by atoms with Crippen molar-refractivity contribution >= 4 is 60.5 Å². The number of hydrogen-bond acceptors (Lipinski definition) is 4. The van der Waals surface area contributed by atoms with Crippen LogP contribution in [0.3, 0.4) is 0 Å². The molecule has 108 valence electrons. The Kier molecular flexibility index (Phi) is 5.09. The second kappa shape index (κ2) is 6.29. The average Bonchev–Trinajstić information content (AvgIpc) is 2.70. The van der Waals surface area contributed by atoms with Crippen molar-refractivity contribution in [2.24, 2.45) is 0 Å². The third-order valence-electron chi connectivity index (χ3n) is 2.50. The Hall–Kier alpha value is -0.180. The molecule has 0 aliphatic rings. The molecule has 0 atom stereocenters. The van der Waals surface area contributed by atoms with Gasteiger partial charge in [-0.2, -0.15) is 0 Å². The summed E-state index contributed by atoms with van der Waals surface area (Å²) >= 11 is 16.5. The number of benzene rings is 1. The van der Waals surface area contributed by atoms with E-state index >= 15 is 0 Å². The molecule has 0 aliphatic heterocycles. The maximum Gasteiger partial charge on any atom is 0.243 e. The number of nitrogens with zero attached hydrogens (tertiary/aromatic N) is 1. The predicted molar refractivity (Wildman–Crippen MR) is 85.0 cm³/mol. The van der Waals surface area contributed by atoms with Gasteiger partial charge in [-0.05, 0) is 19.1 Å². The van der Waals surface area contributed by atoms with Crippen LogP contribution in [0.5, 0.6) is 0 Å². The number of aryl methyl sites for hydroxylation is 1. The molecule has 0 radical (unpaired) electrons. The van der Waals surface area contributed by atoms with Crippen LogP contribution >= 0.6 is 50.5 Å². The van der Waals surface area contributed by atoms with E-state index in [1.54, 1.807) is 5.51 Å². The van der Waals surface area contributed by atoms with Crippen LogP contribution in [0.4, 0.5) is 0 Å². The first-order valence-electron chi connectivity index (χ1n) is 5.34. The average molecular weight is 416 g/mol. The molecule has 0 bridgehead atoms. The van der Waals surface area contributed by atoms with Crippen LogP contribution in [0.15, 0.2) is 27.0 Å². The first-order chi connectivity index (χ1) is 9.31. The van der Waals surface area contributed by atoms with E-state index in [4.69, 9.17) is 23.2 Å². The number of nitrogens with one attached hydrogen (secondary N) is 1. The lowest BCUT2D eigenvalue weighted by atomic mass is 10.4. The third-order valence-corrected chi connectivity index (χ3v) is 6.21. The highest BCUT2D eigenvalue weighted by atomic mass is 79.9. The SMILES string of the molecule is Cc1ncsc1CNS(=O)(=O)c1c(Cl)cc(Br)cc1Cl. The van der Waals surface area contributed by atoms with Gasteiger partial charge in [-0.3, -0.25) is 0 Å². The summed E-state index contributed by atoms with van der Waals surface area (Å²) in [6, 6.07) is 2.97. The van der Waals surface area contributed by atoms with Crippen molar-refractivity contribution in [2.75, 3.05) is 0 Å². The number of hydrogen-bond donors (Lipinski definition) is 1. The van der Waals surface area contributed by atoms with Gasteiger partial charge in [0.25, 0.3) is 0 Å².